The van der Waals surface area contributed by atoms with Crippen LogP contribution in [-0.4, -0.2) is 30.9 Å². The summed E-state index contributed by atoms with van der Waals surface area (Å²) in [5.74, 6) is 0.781. The number of hydrogen-bond acceptors (Lipinski definition) is 2. The molecule has 3 nitrogen and oxygen atoms in total. The number of piperidine rings is 1. The second-order valence-corrected chi connectivity index (χ2v) is 5.71. The molecule has 1 N–H and O–H groups in total. The lowest BCUT2D eigenvalue weighted by molar-refractivity contribution is -0.131. The highest BCUT2D eigenvalue weighted by Crippen LogP contribution is 2.18. The SMILES string of the molecule is CN(Cc1ccc(Cl)cc1)C(=O)CC1CCNCC1. The van der Waals surface area contributed by atoms with Gasteiger partial charge in [0.05, 0.1) is 0 Å². The maximum absolute atomic E-state index is 12.2. The number of nitrogens with zero attached hydrogens (tertiary/aromatic N) is 1. The largest absolute Gasteiger partial charge is 0.341 e. The Balaban J connectivity index is 1.83. The van der Waals surface area contributed by atoms with Gasteiger partial charge in [0.2, 0.25) is 5.91 Å². The highest BCUT2D eigenvalue weighted by molar-refractivity contribution is 6.30. The van der Waals surface area contributed by atoms with Crippen LogP contribution in [0.25, 0.3) is 0 Å². The van der Waals surface area contributed by atoms with Gasteiger partial charge in [0, 0.05) is 25.0 Å². The van der Waals surface area contributed by atoms with Gasteiger partial charge >= 0.3 is 0 Å². The maximum Gasteiger partial charge on any atom is 0.222 e. The summed E-state index contributed by atoms with van der Waals surface area (Å²) < 4.78 is 0. The van der Waals surface area contributed by atoms with E-state index >= 15 is 0 Å². The van der Waals surface area contributed by atoms with Crippen LogP contribution in [0.3, 0.4) is 0 Å². The van der Waals surface area contributed by atoms with Crippen LogP contribution < -0.4 is 5.32 Å². The summed E-state index contributed by atoms with van der Waals surface area (Å²) >= 11 is 5.85. The van der Waals surface area contributed by atoms with Crippen LogP contribution in [-0.2, 0) is 11.3 Å². The van der Waals surface area contributed by atoms with Gasteiger partial charge in [-0.2, -0.15) is 0 Å². The number of carbonyl (C=O) groups is 1. The monoisotopic (exact) mass is 280 g/mol. The van der Waals surface area contributed by atoms with Crippen LogP contribution >= 0.6 is 11.6 Å². The van der Waals surface area contributed by atoms with Crippen molar-refractivity contribution in [3.63, 3.8) is 0 Å². The van der Waals surface area contributed by atoms with Gasteiger partial charge in [-0.3, -0.25) is 4.79 Å². The van der Waals surface area contributed by atoms with E-state index in [0.717, 1.165) is 36.5 Å². The van der Waals surface area contributed by atoms with Crippen molar-refractivity contribution in [2.45, 2.75) is 25.8 Å². The number of amides is 1. The summed E-state index contributed by atoms with van der Waals surface area (Å²) in [4.78, 5) is 14.0. The van der Waals surface area contributed by atoms with E-state index in [1.54, 1.807) is 0 Å². The first kappa shape index (κ1) is 14.4. The van der Waals surface area contributed by atoms with Crippen LogP contribution in [0.1, 0.15) is 24.8 Å². The summed E-state index contributed by atoms with van der Waals surface area (Å²) in [6, 6.07) is 7.66. The van der Waals surface area contributed by atoms with Crippen LogP contribution in [0, 0.1) is 5.92 Å². The van der Waals surface area contributed by atoms with E-state index in [2.05, 4.69) is 5.32 Å². The van der Waals surface area contributed by atoms with Crippen molar-refractivity contribution in [1.82, 2.24) is 10.2 Å². The van der Waals surface area contributed by atoms with Gasteiger partial charge in [0.25, 0.3) is 0 Å². The summed E-state index contributed by atoms with van der Waals surface area (Å²) in [5, 5.41) is 4.05. The third-order valence-electron chi connectivity index (χ3n) is 3.68. The topological polar surface area (TPSA) is 32.3 Å². The van der Waals surface area contributed by atoms with Crippen molar-refractivity contribution in [3.05, 3.63) is 34.9 Å². The minimum atomic E-state index is 0.238. The van der Waals surface area contributed by atoms with Gasteiger partial charge in [0.1, 0.15) is 0 Å². The summed E-state index contributed by atoms with van der Waals surface area (Å²) in [6.07, 6.45) is 2.90. The molecule has 1 saturated heterocycles. The quantitative estimate of drug-likeness (QED) is 0.920. The minimum absolute atomic E-state index is 0.238. The molecule has 1 fully saturated rings. The van der Waals surface area contributed by atoms with E-state index in [0.29, 0.717) is 18.9 Å². The predicted octanol–water partition coefficient (Wildman–Crippen LogP) is 2.69. The lowest BCUT2D eigenvalue weighted by Crippen LogP contribution is -2.33. The van der Waals surface area contributed by atoms with Crippen molar-refractivity contribution in [2.75, 3.05) is 20.1 Å². The van der Waals surface area contributed by atoms with E-state index in [4.69, 9.17) is 11.6 Å². The van der Waals surface area contributed by atoms with Crippen LogP contribution in [0.2, 0.25) is 5.02 Å². The lowest BCUT2D eigenvalue weighted by Gasteiger charge is -2.25. The number of benzene rings is 1. The fraction of sp³-hybridized carbons (Fsp3) is 0.533. The molecule has 0 radical (unpaired) electrons. The Labute approximate surface area is 119 Å². The second-order valence-electron chi connectivity index (χ2n) is 5.27. The van der Waals surface area contributed by atoms with Gasteiger partial charge in [0.15, 0.2) is 0 Å². The third-order valence-corrected chi connectivity index (χ3v) is 3.93. The molecule has 1 aromatic carbocycles. The van der Waals surface area contributed by atoms with E-state index in [9.17, 15) is 4.79 Å². The number of hydrogen-bond donors (Lipinski definition) is 1. The smallest absolute Gasteiger partial charge is 0.222 e. The highest BCUT2D eigenvalue weighted by Gasteiger charge is 2.19. The van der Waals surface area contributed by atoms with E-state index in [1.165, 1.54) is 0 Å². The Morgan fingerprint density at radius 3 is 2.58 bits per heavy atom. The molecule has 0 aromatic heterocycles. The van der Waals surface area contributed by atoms with E-state index in [1.807, 2.05) is 36.2 Å². The predicted molar refractivity (Wildman–Crippen MR) is 78.1 cm³/mol. The molecule has 1 aliphatic heterocycles. The van der Waals surface area contributed by atoms with Gasteiger partial charge in [-0.25, -0.2) is 0 Å². The standard InChI is InChI=1S/C15H21ClN2O/c1-18(11-13-2-4-14(16)5-3-13)15(19)10-12-6-8-17-9-7-12/h2-5,12,17H,6-11H2,1H3. The molecule has 0 aliphatic carbocycles. The molecule has 0 spiro atoms. The number of rotatable bonds is 4. The Morgan fingerprint density at radius 2 is 1.95 bits per heavy atom. The maximum atomic E-state index is 12.2. The Kier molecular flexibility index (Phi) is 5.23. The molecule has 0 atom stereocenters. The molecule has 1 aliphatic rings. The summed E-state index contributed by atoms with van der Waals surface area (Å²) in [5.41, 5.74) is 1.12. The molecule has 0 saturated carbocycles. The number of carbonyl (C=O) groups excluding carboxylic acids is 1. The average Bonchev–Trinajstić information content (AvgIpc) is 2.42. The first-order valence-electron chi connectivity index (χ1n) is 6.84. The number of halogens is 1. The lowest BCUT2D eigenvalue weighted by atomic mass is 9.94. The summed E-state index contributed by atoms with van der Waals surface area (Å²) in [6.45, 7) is 2.73. The molecule has 19 heavy (non-hydrogen) atoms. The Morgan fingerprint density at radius 1 is 1.32 bits per heavy atom. The van der Waals surface area contributed by atoms with Crippen LogP contribution in [0.15, 0.2) is 24.3 Å². The molecular weight excluding hydrogens is 260 g/mol. The van der Waals surface area contributed by atoms with Gasteiger partial charge in [-0.05, 0) is 49.5 Å². The zero-order valence-corrected chi connectivity index (χ0v) is 12.1. The molecule has 0 unspecified atom stereocenters. The van der Waals surface area contributed by atoms with Gasteiger partial charge < -0.3 is 10.2 Å². The molecule has 1 amide bonds. The summed E-state index contributed by atoms with van der Waals surface area (Å²) in [7, 11) is 1.87. The molecular formula is C15H21ClN2O. The van der Waals surface area contributed by atoms with Crippen LogP contribution in [0.4, 0.5) is 0 Å². The second kappa shape index (κ2) is 6.92. The van der Waals surface area contributed by atoms with Gasteiger partial charge in [-0.1, -0.05) is 23.7 Å². The van der Waals surface area contributed by atoms with Crippen molar-refractivity contribution >= 4 is 17.5 Å². The van der Waals surface area contributed by atoms with Crippen molar-refractivity contribution in [3.8, 4) is 0 Å². The van der Waals surface area contributed by atoms with Crippen molar-refractivity contribution in [1.29, 1.82) is 0 Å². The Bertz CT molecular complexity index is 413. The third kappa shape index (κ3) is 4.51. The first-order valence-corrected chi connectivity index (χ1v) is 7.22. The first-order chi connectivity index (χ1) is 9.15. The van der Waals surface area contributed by atoms with Crippen molar-refractivity contribution in [2.24, 2.45) is 5.92 Å². The fourth-order valence-electron chi connectivity index (χ4n) is 2.44. The molecule has 104 valence electrons. The van der Waals surface area contributed by atoms with Crippen LogP contribution in [0.5, 0.6) is 0 Å². The van der Waals surface area contributed by atoms with E-state index in [-0.39, 0.29) is 5.91 Å². The van der Waals surface area contributed by atoms with Crippen molar-refractivity contribution < 1.29 is 4.79 Å². The molecule has 2 rings (SSSR count). The Hall–Kier alpha value is -1.06. The zero-order valence-electron chi connectivity index (χ0n) is 11.4. The molecule has 1 aromatic rings. The molecule has 1 heterocycles. The van der Waals surface area contributed by atoms with E-state index < -0.39 is 0 Å². The minimum Gasteiger partial charge on any atom is -0.341 e. The molecule has 0 bridgehead atoms. The molecule has 4 heteroatoms. The normalized spacial score (nSPS) is 16.3. The zero-order chi connectivity index (χ0) is 13.7. The number of nitrogens with one attached hydrogen (secondary N) is 1. The average molecular weight is 281 g/mol. The fourth-order valence-corrected chi connectivity index (χ4v) is 2.57. The highest BCUT2D eigenvalue weighted by atomic mass is 35.5. The van der Waals surface area contributed by atoms with Gasteiger partial charge in [-0.15, -0.1) is 0 Å².